The Hall–Kier alpha value is -1.54. The smallest absolute Gasteiger partial charge is 0.407 e. The largest absolute Gasteiger partial charge is 0.488 e. The number of benzene rings is 1. The number of halogens is 2. The number of hydrogen-bond donors (Lipinski definition) is 1. The van der Waals surface area contributed by atoms with E-state index in [4.69, 9.17) is 14.2 Å². The quantitative estimate of drug-likeness (QED) is 0.190. The van der Waals surface area contributed by atoms with Crippen molar-refractivity contribution in [2.24, 2.45) is 17.8 Å². The minimum absolute atomic E-state index is 0.0511. The molecule has 6 nitrogen and oxygen atoms in total. The molecule has 0 saturated heterocycles. The lowest BCUT2D eigenvalue weighted by molar-refractivity contribution is -0.137. The first kappa shape index (κ1) is 27.5. The number of alkyl carbamates (subject to hydrolysis) is 1. The van der Waals surface area contributed by atoms with Crippen LogP contribution in [0.15, 0.2) is 33.7 Å². The predicted molar refractivity (Wildman–Crippen MR) is 129 cm³/mol. The standard InChI is InChI=1S/C23H33Br2NO5/c1-7-20(27)29-9-8-26-23(28)31-11-10-30-22-18(24)12-17(13-19(22)25)21(15(4)5)16(6)14(2)3/h7,12-16,21H,1,8-11H2,2-6H3,(H,26,28). The summed E-state index contributed by atoms with van der Waals surface area (Å²) in [4.78, 5) is 22.5. The molecule has 0 aliphatic heterocycles. The molecule has 8 heteroatoms. The van der Waals surface area contributed by atoms with Gasteiger partial charge in [0.25, 0.3) is 0 Å². The monoisotopic (exact) mass is 561 g/mol. The van der Waals surface area contributed by atoms with Crippen LogP contribution in [0.3, 0.4) is 0 Å². The van der Waals surface area contributed by atoms with Gasteiger partial charge in [-0.05, 0) is 73.2 Å². The van der Waals surface area contributed by atoms with Gasteiger partial charge in [-0.1, -0.05) is 41.2 Å². The van der Waals surface area contributed by atoms with Crippen molar-refractivity contribution in [1.82, 2.24) is 5.32 Å². The minimum Gasteiger partial charge on any atom is -0.488 e. The van der Waals surface area contributed by atoms with E-state index in [2.05, 4.69) is 90.5 Å². The number of hydrogen-bond acceptors (Lipinski definition) is 5. The summed E-state index contributed by atoms with van der Waals surface area (Å²) in [7, 11) is 0. The Morgan fingerprint density at radius 1 is 1.00 bits per heavy atom. The van der Waals surface area contributed by atoms with Gasteiger partial charge in [-0.2, -0.15) is 0 Å². The third-order valence-electron chi connectivity index (χ3n) is 5.09. The molecular weight excluding hydrogens is 530 g/mol. The molecule has 1 rings (SSSR count). The number of carbonyl (C=O) groups excluding carboxylic acids is 2. The molecule has 31 heavy (non-hydrogen) atoms. The number of amides is 1. The van der Waals surface area contributed by atoms with Gasteiger partial charge >= 0.3 is 12.1 Å². The Bertz CT molecular complexity index is 728. The SMILES string of the molecule is C=CC(=O)OCCNC(=O)OCCOc1c(Br)cc(C(C(C)C)C(C)C(C)C)cc1Br. The summed E-state index contributed by atoms with van der Waals surface area (Å²) in [6, 6.07) is 4.23. The molecular formula is C23H33Br2NO5. The van der Waals surface area contributed by atoms with Crippen LogP contribution in [-0.2, 0) is 14.3 Å². The summed E-state index contributed by atoms with van der Waals surface area (Å²) in [6.07, 6.45) is 0.459. The van der Waals surface area contributed by atoms with Crippen LogP contribution in [0.4, 0.5) is 4.79 Å². The second-order valence-corrected chi connectivity index (χ2v) is 9.68. The van der Waals surface area contributed by atoms with E-state index in [1.54, 1.807) is 0 Å². The summed E-state index contributed by atoms with van der Waals surface area (Å²) in [5, 5.41) is 2.49. The maximum Gasteiger partial charge on any atom is 0.407 e. The van der Waals surface area contributed by atoms with E-state index in [1.165, 1.54) is 5.56 Å². The van der Waals surface area contributed by atoms with Gasteiger partial charge in [-0.15, -0.1) is 0 Å². The first-order chi connectivity index (χ1) is 14.6. The molecule has 0 heterocycles. The predicted octanol–water partition coefficient (Wildman–Crippen LogP) is 6.08. The van der Waals surface area contributed by atoms with Crippen molar-refractivity contribution in [3.05, 3.63) is 39.3 Å². The fraction of sp³-hybridized carbons (Fsp3) is 0.565. The number of rotatable bonds is 12. The molecule has 1 amide bonds. The average molecular weight is 563 g/mol. The van der Waals surface area contributed by atoms with Gasteiger partial charge in [0.1, 0.15) is 25.6 Å². The number of esters is 1. The molecule has 0 aliphatic rings. The highest BCUT2D eigenvalue weighted by Gasteiger charge is 2.26. The van der Waals surface area contributed by atoms with E-state index in [-0.39, 0.29) is 26.4 Å². The Labute approximate surface area is 202 Å². The molecule has 0 aliphatic carbocycles. The molecule has 0 fully saturated rings. The summed E-state index contributed by atoms with van der Waals surface area (Å²) < 4.78 is 17.3. The zero-order chi connectivity index (χ0) is 23.6. The molecule has 174 valence electrons. The Morgan fingerprint density at radius 3 is 2.13 bits per heavy atom. The normalized spacial score (nSPS) is 12.9. The van der Waals surface area contributed by atoms with Crippen molar-refractivity contribution in [3.63, 3.8) is 0 Å². The van der Waals surface area contributed by atoms with E-state index >= 15 is 0 Å². The maximum absolute atomic E-state index is 11.6. The van der Waals surface area contributed by atoms with E-state index < -0.39 is 12.1 Å². The molecule has 1 N–H and O–H groups in total. The van der Waals surface area contributed by atoms with Crippen LogP contribution in [-0.4, -0.2) is 38.4 Å². The highest BCUT2D eigenvalue weighted by Crippen LogP contribution is 2.42. The number of nitrogens with one attached hydrogen (secondary N) is 1. The van der Waals surface area contributed by atoms with E-state index in [0.717, 1.165) is 15.0 Å². The minimum atomic E-state index is -0.603. The zero-order valence-corrected chi connectivity index (χ0v) is 22.0. The summed E-state index contributed by atoms with van der Waals surface area (Å²) in [5.41, 5.74) is 1.26. The lowest BCUT2D eigenvalue weighted by atomic mass is 9.74. The lowest BCUT2D eigenvalue weighted by Gasteiger charge is -2.31. The van der Waals surface area contributed by atoms with Gasteiger partial charge in [-0.3, -0.25) is 0 Å². The Kier molecular flexibility index (Phi) is 12.2. The van der Waals surface area contributed by atoms with Crippen molar-refractivity contribution in [2.75, 3.05) is 26.4 Å². The first-order valence-corrected chi connectivity index (χ1v) is 12.0. The highest BCUT2D eigenvalue weighted by molar-refractivity contribution is 9.11. The molecule has 2 unspecified atom stereocenters. The number of ether oxygens (including phenoxy) is 3. The fourth-order valence-corrected chi connectivity index (χ4v) is 4.76. The second kappa shape index (κ2) is 13.8. The topological polar surface area (TPSA) is 73.9 Å². The Morgan fingerprint density at radius 2 is 1.61 bits per heavy atom. The van der Waals surface area contributed by atoms with Crippen LogP contribution < -0.4 is 10.1 Å². The maximum atomic E-state index is 11.6. The zero-order valence-electron chi connectivity index (χ0n) is 18.9. The molecule has 0 bridgehead atoms. The number of carbonyl (C=O) groups is 2. The lowest BCUT2D eigenvalue weighted by Crippen LogP contribution is -2.29. The molecule has 2 atom stereocenters. The van der Waals surface area contributed by atoms with E-state index in [0.29, 0.717) is 29.4 Å². The molecule has 0 spiro atoms. The van der Waals surface area contributed by atoms with Gasteiger partial charge in [0.2, 0.25) is 0 Å². The van der Waals surface area contributed by atoms with Crippen LogP contribution in [0.5, 0.6) is 5.75 Å². The molecule has 0 radical (unpaired) electrons. The molecule has 1 aromatic rings. The average Bonchev–Trinajstić information content (AvgIpc) is 2.69. The third-order valence-corrected chi connectivity index (χ3v) is 6.27. The van der Waals surface area contributed by atoms with Gasteiger partial charge in [0, 0.05) is 6.08 Å². The van der Waals surface area contributed by atoms with Crippen LogP contribution in [0.1, 0.15) is 46.1 Å². The Balaban J connectivity index is 2.58. The summed E-state index contributed by atoms with van der Waals surface area (Å²) in [6.45, 7) is 15.1. The summed E-state index contributed by atoms with van der Waals surface area (Å²) in [5.74, 6) is 2.19. The van der Waals surface area contributed by atoms with Crippen molar-refractivity contribution < 1.29 is 23.8 Å². The van der Waals surface area contributed by atoms with Gasteiger partial charge in [0.05, 0.1) is 15.5 Å². The van der Waals surface area contributed by atoms with Crippen molar-refractivity contribution in [3.8, 4) is 5.75 Å². The molecule has 0 aromatic heterocycles. The van der Waals surface area contributed by atoms with Crippen LogP contribution in [0, 0.1) is 17.8 Å². The van der Waals surface area contributed by atoms with Crippen LogP contribution >= 0.6 is 31.9 Å². The van der Waals surface area contributed by atoms with Crippen molar-refractivity contribution in [2.45, 2.75) is 40.5 Å². The molecule has 1 aromatic carbocycles. The molecule has 0 saturated carbocycles. The van der Waals surface area contributed by atoms with Crippen LogP contribution in [0.25, 0.3) is 0 Å². The second-order valence-electron chi connectivity index (χ2n) is 7.97. The highest BCUT2D eigenvalue weighted by atomic mass is 79.9. The third kappa shape index (κ3) is 9.23. The van der Waals surface area contributed by atoms with Gasteiger partial charge in [-0.25, -0.2) is 9.59 Å². The van der Waals surface area contributed by atoms with Gasteiger partial charge in [0.15, 0.2) is 0 Å². The van der Waals surface area contributed by atoms with E-state index in [9.17, 15) is 9.59 Å². The summed E-state index contributed by atoms with van der Waals surface area (Å²) >= 11 is 7.24. The van der Waals surface area contributed by atoms with Gasteiger partial charge < -0.3 is 19.5 Å². The van der Waals surface area contributed by atoms with E-state index in [1.807, 2.05) is 0 Å². The van der Waals surface area contributed by atoms with Crippen LogP contribution in [0.2, 0.25) is 0 Å². The van der Waals surface area contributed by atoms with Crippen molar-refractivity contribution in [1.29, 1.82) is 0 Å². The van der Waals surface area contributed by atoms with Crippen molar-refractivity contribution >= 4 is 43.9 Å². The first-order valence-electron chi connectivity index (χ1n) is 10.4. The fourth-order valence-electron chi connectivity index (χ4n) is 3.31.